The molecule has 0 aliphatic heterocycles. The highest BCUT2D eigenvalue weighted by Crippen LogP contribution is 2.22. The van der Waals surface area contributed by atoms with Gasteiger partial charge in [-0.2, -0.15) is 0 Å². The standard InChI is InChI=1S/C17H15NO5S/c1-2-12-23-17-6-4-3-5-14(17)11-13-24(21,22)16-9-7-15(8-10-16)18(19)20/h2-11,13H,1,12H2/b13-11+. The fraction of sp³-hybridized carbons (Fsp3) is 0.0588. The van der Waals surface area contributed by atoms with Crippen LogP contribution in [0, 0.1) is 10.1 Å². The molecular weight excluding hydrogens is 330 g/mol. The fourth-order valence-electron chi connectivity index (χ4n) is 1.90. The summed E-state index contributed by atoms with van der Waals surface area (Å²) in [6, 6.07) is 11.7. The van der Waals surface area contributed by atoms with Crippen LogP contribution in [0.1, 0.15) is 5.56 Å². The molecule has 0 N–H and O–H groups in total. The zero-order valence-electron chi connectivity index (χ0n) is 12.7. The Morgan fingerprint density at radius 1 is 1.12 bits per heavy atom. The molecule has 2 rings (SSSR count). The van der Waals surface area contributed by atoms with Crippen molar-refractivity contribution in [3.63, 3.8) is 0 Å². The minimum atomic E-state index is -3.72. The number of hydrogen-bond acceptors (Lipinski definition) is 5. The molecule has 0 aromatic heterocycles. The first-order valence-corrected chi connectivity index (χ1v) is 8.49. The number of non-ortho nitro benzene ring substituents is 1. The second kappa shape index (κ2) is 7.56. The van der Waals surface area contributed by atoms with Gasteiger partial charge in [0.15, 0.2) is 9.84 Å². The van der Waals surface area contributed by atoms with E-state index in [0.717, 1.165) is 17.5 Å². The van der Waals surface area contributed by atoms with Gasteiger partial charge in [-0.25, -0.2) is 8.42 Å². The summed E-state index contributed by atoms with van der Waals surface area (Å²) < 4.78 is 30.1. The second-order valence-electron chi connectivity index (χ2n) is 4.74. The number of nitro benzene ring substituents is 1. The highest BCUT2D eigenvalue weighted by Gasteiger charge is 2.13. The summed E-state index contributed by atoms with van der Waals surface area (Å²) in [7, 11) is -3.72. The van der Waals surface area contributed by atoms with Crippen LogP contribution in [0.5, 0.6) is 5.75 Å². The molecule has 7 heteroatoms. The topological polar surface area (TPSA) is 86.5 Å². The molecule has 0 atom stereocenters. The van der Waals surface area contributed by atoms with Gasteiger partial charge in [0, 0.05) is 23.1 Å². The average molecular weight is 345 g/mol. The van der Waals surface area contributed by atoms with Gasteiger partial charge >= 0.3 is 0 Å². The highest BCUT2D eigenvalue weighted by molar-refractivity contribution is 7.94. The van der Waals surface area contributed by atoms with E-state index < -0.39 is 14.8 Å². The Hall–Kier alpha value is -2.93. The van der Waals surface area contributed by atoms with Gasteiger partial charge in [0.2, 0.25) is 0 Å². The number of rotatable bonds is 7. The van der Waals surface area contributed by atoms with Crippen molar-refractivity contribution in [1.82, 2.24) is 0 Å². The van der Waals surface area contributed by atoms with Crippen molar-refractivity contribution < 1.29 is 18.1 Å². The molecule has 0 unspecified atom stereocenters. The van der Waals surface area contributed by atoms with Crippen molar-refractivity contribution in [3.8, 4) is 5.75 Å². The predicted molar refractivity (Wildman–Crippen MR) is 91.5 cm³/mol. The van der Waals surface area contributed by atoms with Crippen LogP contribution in [0.4, 0.5) is 5.69 Å². The summed E-state index contributed by atoms with van der Waals surface area (Å²) in [5.74, 6) is 0.535. The van der Waals surface area contributed by atoms with E-state index in [1.54, 1.807) is 30.3 Å². The summed E-state index contributed by atoms with van der Waals surface area (Å²) in [6.07, 6.45) is 3.02. The van der Waals surface area contributed by atoms with Gasteiger partial charge in [-0.3, -0.25) is 10.1 Å². The van der Waals surface area contributed by atoms with Crippen molar-refractivity contribution in [2.75, 3.05) is 6.61 Å². The monoisotopic (exact) mass is 345 g/mol. The van der Waals surface area contributed by atoms with E-state index in [1.807, 2.05) is 0 Å². The first-order valence-electron chi connectivity index (χ1n) is 6.94. The molecule has 2 aromatic rings. The van der Waals surface area contributed by atoms with Crippen LogP contribution >= 0.6 is 0 Å². The van der Waals surface area contributed by atoms with Gasteiger partial charge in [0.25, 0.3) is 5.69 Å². The summed E-state index contributed by atoms with van der Waals surface area (Å²) in [4.78, 5) is 10.0. The molecule has 24 heavy (non-hydrogen) atoms. The Labute approximate surface area is 139 Å². The molecule has 0 radical (unpaired) electrons. The molecule has 2 aromatic carbocycles. The van der Waals surface area contributed by atoms with Crippen LogP contribution in [0.2, 0.25) is 0 Å². The lowest BCUT2D eigenvalue weighted by Gasteiger charge is -2.06. The van der Waals surface area contributed by atoms with Crippen molar-refractivity contribution in [2.45, 2.75) is 4.90 Å². The zero-order valence-corrected chi connectivity index (χ0v) is 13.5. The van der Waals surface area contributed by atoms with Gasteiger partial charge in [-0.05, 0) is 24.3 Å². The Balaban J connectivity index is 2.27. The third-order valence-electron chi connectivity index (χ3n) is 3.08. The molecule has 0 saturated heterocycles. The van der Waals surface area contributed by atoms with Crippen molar-refractivity contribution in [2.24, 2.45) is 0 Å². The maximum absolute atomic E-state index is 12.3. The molecule has 0 amide bonds. The van der Waals surface area contributed by atoms with E-state index in [1.165, 1.54) is 18.2 Å². The van der Waals surface area contributed by atoms with Gasteiger partial charge in [0.05, 0.1) is 9.82 Å². The van der Waals surface area contributed by atoms with Gasteiger partial charge in [-0.1, -0.05) is 30.9 Å². The van der Waals surface area contributed by atoms with Gasteiger partial charge in [-0.15, -0.1) is 0 Å². The lowest BCUT2D eigenvalue weighted by Crippen LogP contribution is -1.98. The lowest BCUT2D eigenvalue weighted by atomic mass is 10.2. The SMILES string of the molecule is C=CCOc1ccccc1/C=C/S(=O)(=O)c1ccc([N+](=O)[O-])cc1. The minimum Gasteiger partial charge on any atom is -0.489 e. The quantitative estimate of drug-likeness (QED) is 0.435. The van der Waals surface area contributed by atoms with Crippen LogP contribution in [0.15, 0.2) is 71.5 Å². The molecular formula is C17H15NO5S. The van der Waals surface area contributed by atoms with E-state index in [2.05, 4.69) is 6.58 Å². The van der Waals surface area contributed by atoms with Crippen LogP contribution in [0.3, 0.4) is 0 Å². The molecule has 0 heterocycles. The molecule has 0 bridgehead atoms. The lowest BCUT2D eigenvalue weighted by molar-refractivity contribution is -0.384. The maximum Gasteiger partial charge on any atom is 0.269 e. The molecule has 0 aliphatic rings. The van der Waals surface area contributed by atoms with Crippen molar-refractivity contribution in [3.05, 3.63) is 82.3 Å². The Morgan fingerprint density at radius 3 is 2.42 bits per heavy atom. The van der Waals surface area contributed by atoms with Gasteiger partial charge in [0.1, 0.15) is 12.4 Å². The van der Waals surface area contributed by atoms with Crippen molar-refractivity contribution in [1.29, 1.82) is 0 Å². The Morgan fingerprint density at radius 2 is 1.79 bits per heavy atom. The largest absolute Gasteiger partial charge is 0.489 e. The summed E-state index contributed by atoms with van der Waals surface area (Å²) >= 11 is 0. The first-order chi connectivity index (χ1) is 11.4. The van der Waals surface area contributed by atoms with Gasteiger partial charge < -0.3 is 4.74 Å². The highest BCUT2D eigenvalue weighted by atomic mass is 32.2. The number of para-hydroxylation sites is 1. The number of sulfone groups is 1. The van der Waals surface area contributed by atoms with Crippen LogP contribution in [0.25, 0.3) is 6.08 Å². The first kappa shape index (κ1) is 17.4. The molecule has 124 valence electrons. The molecule has 0 aliphatic carbocycles. The minimum absolute atomic E-state index is 0.0196. The fourth-order valence-corrected chi connectivity index (χ4v) is 2.90. The van der Waals surface area contributed by atoms with E-state index in [9.17, 15) is 18.5 Å². The normalized spacial score (nSPS) is 11.3. The summed E-state index contributed by atoms with van der Waals surface area (Å²) in [6.45, 7) is 3.87. The number of benzene rings is 2. The predicted octanol–water partition coefficient (Wildman–Crippen LogP) is 3.60. The maximum atomic E-state index is 12.3. The number of nitro groups is 1. The van der Waals surface area contributed by atoms with E-state index in [0.29, 0.717) is 17.9 Å². The molecule has 0 spiro atoms. The molecule has 6 nitrogen and oxygen atoms in total. The molecule has 0 fully saturated rings. The summed E-state index contributed by atoms with van der Waals surface area (Å²) in [5, 5.41) is 11.7. The molecule has 0 saturated carbocycles. The van der Waals surface area contributed by atoms with Crippen molar-refractivity contribution >= 4 is 21.6 Å². The number of hydrogen-bond donors (Lipinski definition) is 0. The third kappa shape index (κ3) is 4.30. The average Bonchev–Trinajstić information content (AvgIpc) is 2.59. The second-order valence-corrected chi connectivity index (χ2v) is 6.57. The van der Waals surface area contributed by atoms with Crippen LogP contribution in [-0.4, -0.2) is 19.9 Å². The number of nitrogens with zero attached hydrogens (tertiary/aromatic N) is 1. The smallest absolute Gasteiger partial charge is 0.269 e. The van der Waals surface area contributed by atoms with E-state index >= 15 is 0 Å². The number of ether oxygens (including phenoxy) is 1. The Kier molecular flexibility index (Phi) is 5.49. The van der Waals surface area contributed by atoms with Crippen LogP contribution < -0.4 is 4.74 Å². The Bertz CT molecular complexity index is 870. The van der Waals surface area contributed by atoms with E-state index in [-0.39, 0.29) is 10.6 Å². The third-order valence-corrected chi connectivity index (χ3v) is 4.50. The van der Waals surface area contributed by atoms with E-state index in [4.69, 9.17) is 4.74 Å². The van der Waals surface area contributed by atoms with Crippen LogP contribution in [-0.2, 0) is 9.84 Å². The zero-order chi connectivity index (χ0) is 17.6. The summed E-state index contributed by atoms with van der Waals surface area (Å²) in [5.41, 5.74) is 0.436.